The molecule has 0 saturated heterocycles. The summed E-state index contributed by atoms with van der Waals surface area (Å²) in [5.41, 5.74) is 4.34. The summed E-state index contributed by atoms with van der Waals surface area (Å²) in [7, 11) is 2.55. The van der Waals surface area contributed by atoms with Gasteiger partial charge in [-0.3, -0.25) is 23.5 Å². The van der Waals surface area contributed by atoms with E-state index in [4.69, 9.17) is 31.5 Å². The minimum atomic E-state index is -1.29. The van der Waals surface area contributed by atoms with Crippen molar-refractivity contribution >= 4 is 29.2 Å². The Bertz CT molecular complexity index is 1150. The second kappa shape index (κ2) is 8.23. The van der Waals surface area contributed by atoms with E-state index in [1.807, 2.05) is 0 Å². The van der Waals surface area contributed by atoms with Gasteiger partial charge >= 0.3 is 11.7 Å². The summed E-state index contributed by atoms with van der Waals surface area (Å²) < 4.78 is 17.8. The van der Waals surface area contributed by atoms with E-state index in [2.05, 4.69) is 0 Å². The van der Waals surface area contributed by atoms with Crippen LogP contribution in [0.3, 0.4) is 0 Å². The summed E-state index contributed by atoms with van der Waals surface area (Å²) >= 11 is 6.15. The number of carbonyl (C=O) groups excluding carboxylic acids is 2. The van der Waals surface area contributed by atoms with E-state index in [-0.39, 0.29) is 12.2 Å². The third kappa shape index (κ3) is 3.90. The SMILES string of the molecule is C[C@@H](OC(=O)Cc1cc(Cl)c2c(c1)OCCO2)C(=O)c1c(N)n(C)c(=O)n(C)c1=O. The van der Waals surface area contributed by atoms with Crippen molar-refractivity contribution in [3.05, 3.63) is 49.1 Å². The summed E-state index contributed by atoms with van der Waals surface area (Å²) in [6.45, 7) is 2.06. The number of anilines is 1. The molecule has 1 aromatic heterocycles. The number of nitrogens with zero attached hydrogens (tertiary/aromatic N) is 2. The third-order valence-electron chi connectivity index (χ3n) is 4.64. The normalized spacial score (nSPS) is 13.6. The van der Waals surface area contributed by atoms with Crippen LogP contribution in [0.4, 0.5) is 5.82 Å². The number of esters is 1. The first-order valence-electron chi connectivity index (χ1n) is 8.99. The van der Waals surface area contributed by atoms with Gasteiger partial charge in [-0.1, -0.05) is 11.6 Å². The highest BCUT2D eigenvalue weighted by atomic mass is 35.5. The van der Waals surface area contributed by atoms with Crippen molar-refractivity contribution in [3.8, 4) is 11.5 Å². The monoisotopic (exact) mass is 437 g/mol. The molecular formula is C19H20ClN3O7. The summed E-state index contributed by atoms with van der Waals surface area (Å²) in [5, 5.41) is 0.292. The van der Waals surface area contributed by atoms with Crippen molar-refractivity contribution in [2.24, 2.45) is 14.1 Å². The Kier molecular flexibility index (Phi) is 5.88. The van der Waals surface area contributed by atoms with Gasteiger partial charge in [-0.25, -0.2) is 4.79 Å². The molecule has 2 N–H and O–H groups in total. The van der Waals surface area contributed by atoms with Gasteiger partial charge in [0.25, 0.3) is 5.56 Å². The molecule has 0 radical (unpaired) electrons. The zero-order valence-corrected chi connectivity index (χ0v) is 17.3. The highest BCUT2D eigenvalue weighted by Gasteiger charge is 2.27. The Morgan fingerprint density at radius 3 is 2.57 bits per heavy atom. The number of nitrogen functional groups attached to an aromatic ring is 1. The molecule has 1 aliphatic rings. The molecule has 0 bridgehead atoms. The van der Waals surface area contributed by atoms with Crippen molar-refractivity contribution in [1.82, 2.24) is 9.13 Å². The molecule has 0 spiro atoms. The average molecular weight is 438 g/mol. The fourth-order valence-electron chi connectivity index (χ4n) is 3.02. The molecule has 0 aliphatic carbocycles. The largest absolute Gasteiger partial charge is 0.486 e. The van der Waals surface area contributed by atoms with Gasteiger partial charge in [-0.05, 0) is 24.6 Å². The molecule has 1 aliphatic heterocycles. The quantitative estimate of drug-likeness (QED) is 0.526. The van der Waals surface area contributed by atoms with Gasteiger partial charge in [0, 0.05) is 14.1 Å². The van der Waals surface area contributed by atoms with E-state index in [1.165, 1.54) is 21.0 Å². The van der Waals surface area contributed by atoms with Crippen LogP contribution in [-0.4, -0.2) is 40.2 Å². The predicted molar refractivity (Wildman–Crippen MR) is 107 cm³/mol. The molecule has 1 aromatic carbocycles. The van der Waals surface area contributed by atoms with Crippen LogP contribution in [0.2, 0.25) is 5.02 Å². The number of ether oxygens (including phenoxy) is 3. The third-order valence-corrected chi connectivity index (χ3v) is 4.92. The van der Waals surface area contributed by atoms with E-state index in [0.717, 1.165) is 9.13 Å². The Labute approximate surface area is 175 Å². The lowest BCUT2D eigenvalue weighted by Crippen LogP contribution is -2.43. The standard InChI is InChI=1S/C19H20ClN3O7/c1-9(15(25)14-17(21)22(2)19(27)23(3)18(14)26)30-13(24)8-10-6-11(20)16-12(7-10)28-4-5-29-16/h6-7,9H,4-5,8,21H2,1-3H3/t9-/m1/s1. The number of benzene rings is 1. The first-order chi connectivity index (χ1) is 14.1. The number of aromatic nitrogens is 2. The number of ketones is 1. The predicted octanol–water partition coefficient (Wildman–Crippen LogP) is 0.448. The second-order valence-corrected chi connectivity index (χ2v) is 7.15. The lowest BCUT2D eigenvalue weighted by molar-refractivity contribution is -0.145. The Morgan fingerprint density at radius 2 is 1.87 bits per heavy atom. The molecule has 2 heterocycles. The highest BCUT2D eigenvalue weighted by molar-refractivity contribution is 6.32. The number of halogens is 1. The molecule has 0 amide bonds. The van der Waals surface area contributed by atoms with Gasteiger partial charge in [0.1, 0.15) is 24.6 Å². The number of carbonyl (C=O) groups is 2. The minimum absolute atomic E-state index is 0.186. The van der Waals surface area contributed by atoms with Crippen molar-refractivity contribution in [1.29, 1.82) is 0 Å². The minimum Gasteiger partial charge on any atom is -0.486 e. The number of hydrogen-bond acceptors (Lipinski definition) is 8. The molecule has 30 heavy (non-hydrogen) atoms. The van der Waals surface area contributed by atoms with Crippen LogP contribution in [-0.2, 0) is 30.0 Å². The first-order valence-corrected chi connectivity index (χ1v) is 9.36. The molecule has 2 aromatic rings. The van der Waals surface area contributed by atoms with Gasteiger partial charge in [-0.15, -0.1) is 0 Å². The Hall–Kier alpha value is -3.27. The molecule has 160 valence electrons. The molecule has 0 unspecified atom stereocenters. The van der Waals surface area contributed by atoms with Crippen LogP contribution in [0.1, 0.15) is 22.8 Å². The van der Waals surface area contributed by atoms with E-state index in [0.29, 0.717) is 35.3 Å². The summed E-state index contributed by atoms with van der Waals surface area (Å²) in [5.74, 6) is -0.998. The lowest BCUT2D eigenvalue weighted by atomic mass is 10.1. The van der Waals surface area contributed by atoms with E-state index in [1.54, 1.807) is 12.1 Å². The maximum atomic E-state index is 12.7. The molecule has 10 nitrogen and oxygen atoms in total. The highest BCUT2D eigenvalue weighted by Crippen LogP contribution is 2.38. The van der Waals surface area contributed by atoms with Gasteiger partial charge < -0.3 is 19.9 Å². The van der Waals surface area contributed by atoms with Crippen LogP contribution in [0, 0.1) is 0 Å². The molecule has 0 fully saturated rings. The molecule has 0 saturated carbocycles. The fraction of sp³-hybridized carbons (Fsp3) is 0.368. The zero-order chi connectivity index (χ0) is 22.2. The van der Waals surface area contributed by atoms with E-state index in [9.17, 15) is 19.2 Å². The van der Waals surface area contributed by atoms with Gasteiger partial charge in [-0.2, -0.15) is 0 Å². The van der Waals surface area contributed by atoms with Gasteiger partial charge in [0.2, 0.25) is 5.78 Å². The van der Waals surface area contributed by atoms with Crippen LogP contribution in [0.5, 0.6) is 11.5 Å². The average Bonchev–Trinajstić information content (AvgIpc) is 2.70. The van der Waals surface area contributed by atoms with Gasteiger partial charge in [0.05, 0.1) is 11.4 Å². The van der Waals surface area contributed by atoms with E-state index >= 15 is 0 Å². The maximum Gasteiger partial charge on any atom is 0.332 e. The Balaban J connectivity index is 1.77. The molecular weight excluding hydrogens is 418 g/mol. The lowest BCUT2D eigenvalue weighted by Gasteiger charge is -2.20. The van der Waals surface area contributed by atoms with Crippen LogP contribution in [0.25, 0.3) is 0 Å². The summed E-state index contributed by atoms with van der Waals surface area (Å²) in [4.78, 5) is 49.2. The van der Waals surface area contributed by atoms with E-state index < -0.39 is 34.7 Å². The van der Waals surface area contributed by atoms with Gasteiger partial charge in [0.15, 0.2) is 17.6 Å². The number of hydrogen-bond donors (Lipinski definition) is 1. The number of nitrogens with two attached hydrogens (primary N) is 1. The maximum absolute atomic E-state index is 12.7. The fourth-order valence-corrected chi connectivity index (χ4v) is 3.31. The van der Waals surface area contributed by atoms with Crippen LogP contribution >= 0.6 is 11.6 Å². The van der Waals surface area contributed by atoms with Crippen molar-refractivity contribution in [3.63, 3.8) is 0 Å². The second-order valence-electron chi connectivity index (χ2n) is 6.74. The number of rotatable bonds is 5. The number of fused-ring (bicyclic) bond motifs is 1. The Morgan fingerprint density at radius 1 is 1.20 bits per heavy atom. The zero-order valence-electron chi connectivity index (χ0n) is 16.6. The molecule has 3 rings (SSSR count). The van der Waals surface area contributed by atoms with Crippen molar-refractivity contribution in [2.75, 3.05) is 18.9 Å². The van der Waals surface area contributed by atoms with Crippen molar-refractivity contribution < 1.29 is 23.8 Å². The topological polar surface area (TPSA) is 132 Å². The summed E-state index contributed by atoms with van der Waals surface area (Å²) in [6.07, 6.45) is -1.48. The van der Waals surface area contributed by atoms with Crippen LogP contribution in [0.15, 0.2) is 21.7 Å². The smallest absolute Gasteiger partial charge is 0.332 e. The first kappa shape index (κ1) is 21.4. The van der Waals surface area contributed by atoms with Crippen LogP contribution < -0.4 is 26.5 Å². The molecule has 1 atom stereocenters. The molecule has 11 heteroatoms. The number of Topliss-reactive ketones (excluding diaryl/α,β-unsaturated/α-hetero) is 1. The van der Waals surface area contributed by atoms with Crippen molar-refractivity contribution in [2.45, 2.75) is 19.4 Å². The summed E-state index contributed by atoms with van der Waals surface area (Å²) in [6, 6.07) is 3.15.